The van der Waals surface area contributed by atoms with Gasteiger partial charge in [-0.2, -0.15) is 0 Å². The van der Waals surface area contributed by atoms with Gasteiger partial charge in [0.1, 0.15) is 17.4 Å². The zero-order chi connectivity index (χ0) is 20.6. The summed E-state index contributed by atoms with van der Waals surface area (Å²) in [4.78, 5) is 12.5. The minimum Gasteiger partial charge on any atom is -0.426 e. The molecule has 0 saturated heterocycles. The Morgan fingerprint density at radius 3 is 2.41 bits per heavy atom. The number of benzene rings is 2. The maximum Gasteiger partial charge on any atom is 0.314 e. The summed E-state index contributed by atoms with van der Waals surface area (Å²) in [6.07, 6.45) is 11.5. The Morgan fingerprint density at radius 2 is 1.76 bits per heavy atom. The summed E-state index contributed by atoms with van der Waals surface area (Å²) in [5.74, 6) is -0.365. The van der Waals surface area contributed by atoms with Crippen molar-refractivity contribution in [2.24, 2.45) is 11.8 Å². The first-order valence-electron chi connectivity index (χ1n) is 10.5. The molecule has 2 nitrogen and oxygen atoms in total. The number of allylic oxidation sites excluding steroid dienone is 2. The van der Waals surface area contributed by atoms with Crippen molar-refractivity contribution in [1.82, 2.24) is 0 Å². The molecule has 3 rings (SSSR count). The third kappa shape index (κ3) is 5.99. The van der Waals surface area contributed by atoms with Gasteiger partial charge < -0.3 is 4.74 Å². The first-order valence-corrected chi connectivity index (χ1v) is 10.5. The number of hydrogen-bond acceptors (Lipinski definition) is 2. The minimum atomic E-state index is -0.495. The molecule has 0 amide bonds. The first-order chi connectivity index (χ1) is 14.1. The summed E-state index contributed by atoms with van der Waals surface area (Å²) in [7, 11) is 0. The van der Waals surface area contributed by atoms with Gasteiger partial charge in [-0.1, -0.05) is 31.2 Å². The fourth-order valence-corrected chi connectivity index (χ4v) is 3.93. The van der Waals surface area contributed by atoms with Crippen molar-refractivity contribution in [3.8, 4) is 16.9 Å². The van der Waals surface area contributed by atoms with E-state index in [1.54, 1.807) is 12.1 Å². The summed E-state index contributed by atoms with van der Waals surface area (Å²) in [6.45, 7) is 2.13. The molecule has 1 aliphatic carbocycles. The molecule has 0 N–H and O–H groups in total. The summed E-state index contributed by atoms with van der Waals surface area (Å²) in [6, 6.07) is 10.0. The van der Waals surface area contributed by atoms with Gasteiger partial charge in [0.25, 0.3) is 0 Å². The van der Waals surface area contributed by atoms with Gasteiger partial charge in [-0.05, 0) is 80.7 Å². The van der Waals surface area contributed by atoms with Gasteiger partial charge in [0.05, 0.1) is 5.92 Å². The Bertz CT molecular complexity index is 834. The summed E-state index contributed by atoms with van der Waals surface area (Å²) in [5.41, 5.74) is 0.927. The van der Waals surface area contributed by atoms with E-state index in [9.17, 15) is 13.6 Å². The Morgan fingerprint density at radius 1 is 1.03 bits per heavy atom. The maximum atomic E-state index is 14.5. The van der Waals surface area contributed by atoms with Crippen LogP contribution in [0.1, 0.15) is 51.9 Å². The smallest absolute Gasteiger partial charge is 0.314 e. The monoisotopic (exact) mass is 398 g/mol. The van der Waals surface area contributed by atoms with Crippen molar-refractivity contribution in [3.63, 3.8) is 0 Å². The van der Waals surface area contributed by atoms with Crippen LogP contribution in [0.5, 0.6) is 5.75 Å². The van der Waals surface area contributed by atoms with Crippen molar-refractivity contribution in [2.45, 2.75) is 51.9 Å². The molecule has 1 aliphatic rings. The highest BCUT2D eigenvalue weighted by atomic mass is 19.1. The lowest BCUT2D eigenvalue weighted by Gasteiger charge is -2.27. The van der Waals surface area contributed by atoms with Gasteiger partial charge in [-0.25, -0.2) is 8.78 Å². The van der Waals surface area contributed by atoms with Crippen LogP contribution < -0.4 is 4.74 Å². The average Bonchev–Trinajstić information content (AvgIpc) is 2.73. The van der Waals surface area contributed by atoms with E-state index in [4.69, 9.17) is 4.74 Å². The van der Waals surface area contributed by atoms with Crippen LogP contribution in [-0.2, 0) is 4.79 Å². The average molecular weight is 398 g/mol. The molecule has 0 aromatic heterocycles. The van der Waals surface area contributed by atoms with Crippen molar-refractivity contribution in [1.29, 1.82) is 0 Å². The molecule has 2 aromatic rings. The van der Waals surface area contributed by atoms with E-state index in [2.05, 4.69) is 19.1 Å². The van der Waals surface area contributed by atoms with Crippen molar-refractivity contribution < 1.29 is 18.3 Å². The fourth-order valence-electron chi connectivity index (χ4n) is 3.93. The molecule has 2 aromatic carbocycles. The van der Waals surface area contributed by atoms with Gasteiger partial charge >= 0.3 is 5.97 Å². The zero-order valence-electron chi connectivity index (χ0n) is 16.9. The van der Waals surface area contributed by atoms with Crippen molar-refractivity contribution >= 4 is 5.97 Å². The standard InChI is InChI=1S/C25H28F2O2/c1-2-3-4-5-6-18-7-9-20(10-8-18)25(28)29-22-15-16-23(24(27)17-22)19-11-13-21(26)14-12-19/h3-4,11-18,20H,2,5-10H2,1H3/t18-,20-. The van der Waals surface area contributed by atoms with Crippen molar-refractivity contribution in [3.05, 3.63) is 66.3 Å². The van der Waals surface area contributed by atoms with Gasteiger partial charge in [0.15, 0.2) is 0 Å². The number of carbonyl (C=O) groups excluding carboxylic acids is 1. The third-order valence-electron chi connectivity index (χ3n) is 5.64. The Kier molecular flexibility index (Phi) is 7.56. The second-order valence-corrected chi connectivity index (χ2v) is 7.74. The quantitative estimate of drug-likeness (QED) is 0.283. The van der Waals surface area contributed by atoms with Crippen LogP contribution in [0.15, 0.2) is 54.6 Å². The molecule has 154 valence electrons. The van der Waals surface area contributed by atoms with Gasteiger partial charge in [-0.3, -0.25) is 4.79 Å². The molecule has 1 saturated carbocycles. The van der Waals surface area contributed by atoms with E-state index >= 15 is 0 Å². The molecule has 0 spiro atoms. The number of hydrogen-bond donors (Lipinski definition) is 0. The highest BCUT2D eigenvalue weighted by molar-refractivity contribution is 5.75. The Labute approximate surface area is 171 Å². The molecule has 1 fully saturated rings. The largest absolute Gasteiger partial charge is 0.426 e. The van der Waals surface area contributed by atoms with E-state index in [-0.39, 0.29) is 23.5 Å². The van der Waals surface area contributed by atoms with E-state index < -0.39 is 5.82 Å². The maximum absolute atomic E-state index is 14.5. The summed E-state index contributed by atoms with van der Waals surface area (Å²) >= 11 is 0. The molecule has 0 heterocycles. The Hall–Kier alpha value is -2.49. The number of rotatable bonds is 7. The molecular weight excluding hydrogens is 370 g/mol. The lowest BCUT2D eigenvalue weighted by atomic mass is 9.80. The van der Waals surface area contributed by atoms with Gasteiger partial charge in [0.2, 0.25) is 0 Å². The summed E-state index contributed by atoms with van der Waals surface area (Å²) < 4.78 is 33.0. The molecule has 0 atom stereocenters. The minimum absolute atomic E-state index is 0.114. The van der Waals surface area contributed by atoms with Crippen LogP contribution in [0.4, 0.5) is 8.78 Å². The SMILES string of the molecule is CCC=CCC[C@H]1CC[C@H](C(=O)Oc2ccc(-c3ccc(F)cc3)c(F)c2)CC1. The van der Waals surface area contributed by atoms with E-state index in [0.29, 0.717) is 17.0 Å². The third-order valence-corrected chi connectivity index (χ3v) is 5.64. The van der Waals surface area contributed by atoms with E-state index in [1.165, 1.54) is 36.8 Å². The fraction of sp³-hybridized carbons (Fsp3) is 0.400. The molecule has 0 radical (unpaired) electrons. The number of esters is 1. The van der Waals surface area contributed by atoms with Crippen LogP contribution in [0.2, 0.25) is 0 Å². The van der Waals surface area contributed by atoms with Crippen LogP contribution in [0.3, 0.4) is 0 Å². The molecule has 29 heavy (non-hydrogen) atoms. The van der Waals surface area contributed by atoms with E-state index in [1.807, 2.05) is 0 Å². The summed E-state index contributed by atoms with van der Waals surface area (Å²) in [5, 5.41) is 0. The number of carbonyl (C=O) groups is 1. The Balaban J connectivity index is 1.53. The van der Waals surface area contributed by atoms with Crippen LogP contribution in [0, 0.1) is 23.5 Å². The van der Waals surface area contributed by atoms with Gasteiger partial charge in [0, 0.05) is 11.6 Å². The lowest BCUT2D eigenvalue weighted by Crippen LogP contribution is -2.25. The predicted molar refractivity (Wildman–Crippen MR) is 112 cm³/mol. The lowest BCUT2D eigenvalue weighted by molar-refractivity contribution is -0.140. The zero-order valence-corrected chi connectivity index (χ0v) is 16.9. The van der Waals surface area contributed by atoms with Crippen LogP contribution in [0.25, 0.3) is 11.1 Å². The number of halogens is 2. The second-order valence-electron chi connectivity index (χ2n) is 7.74. The predicted octanol–water partition coefficient (Wildman–Crippen LogP) is 7.09. The molecular formula is C25H28F2O2. The molecule has 0 aliphatic heterocycles. The first kappa shape index (κ1) is 21.2. The normalized spacial score (nSPS) is 19.4. The highest BCUT2D eigenvalue weighted by Gasteiger charge is 2.27. The van der Waals surface area contributed by atoms with Gasteiger partial charge in [-0.15, -0.1) is 0 Å². The molecule has 4 heteroatoms. The molecule has 0 unspecified atom stereocenters. The number of ether oxygens (including phenoxy) is 1. The topological polar surface area (TPSA) is 26.3 Å². The van der Waals surface area contributed by atoms with Crippen molar-refractivity contribution in [2.75, 3.05) is 0 Å². The van der Waals surface area contributed by atoms with Crippen LogP contribution >= 0.6 is 0 Å². The van der Waals surface area contributed by atoms with Crippen LogP contribution in [-0.4, -0.2) is 5.97 Å². The van der Waals surface area contributed by atoms with E-state index in [0.717, 1.165) is 38.5 Å². The molecule has 0 bridgehead atoms. The highest BCUT2D eigenvalue weighted by Crippen LogP contribution is 2.33. The second kappa shape index (κ2) is 10.3.